The summed E-state index contributed by atoms with van der Waals surface area (Å²) in [4.78, 5) is 5.46. The van der Waals surface area contributed by atoms with Crippen LogP contribution in [0, 0.1) is 6.92 Å². The molecule has 3 aliphatic heterocycles. The van der Waals surface area contributed by atoms with Crippen LogP contribution < -0.4 is 26.2 Å². The predicted molar refractivity (Wildman–Crippen MR) is 286 cm³/mol. The molecule has 2 atom stereocenters. The number of aromatic nitrogens is 1. The number of hydrogen-bond donors (Lipinski definition) is 0. The van der Waals surface area contributed by atoms with E-state index in [1.54, 1.807) is 0 Å². The summed E-state index contributed by atoms with van der Waals surface area (Å²) in [7, 11) is 0. The average Bonchev–Trinajstić information content (AvgIpc) is 3.90. The molecule has 5 heterocycles. The zero-order valence-corrected chi connectivity index (χ0v) is 40.8. The fraction of sp³-hybridized carbons (Fsp3) is 0.279. The molecule has 1 saturated carbocycles. The summed E-state index contributed by atoms with van der Waals surface area (Å²) in [5.41, 5.74) is 22.6. The fourth-order valence-electron chi connectivity index (χ4n) is 13.1. The molecule has 0 amide bonds. The van der Waals surface area contributed by atoms with Crippen molar-refractivity contribution in [3.8, 4) is 16.8 Å². The summed E-state index contributed by atoms with van der Waals surface area (Å²) in [5, 5.41) is 2.69. The lowest BCUT2D eigenvalue weighted by molar-refractivity contribution is 0.195. The maximum atomic E-state index is 2.79. The summed E-state index contributed by atoms with van der Waals surface area (Å²) in [6.45, 7) is 21.6. The Morgan fingerprint density at radius 3 is 2.06 bits per heavy atom. The van der Waals surface area contributed by atoms with Gasteiger partial charge in [0.25, 0.3) is 6.71 Å². The van der Waals surface area contributed by atoms with Crippen molar-refractivity contribution in [3.05, 3.63) is 162 Å². The van der Waals surface area contributed by atoms with E-state index < -0.39 is 0 Å². The van der Waals surface area contributed by atoms with Crippen LogP contribution >= 0.6 is 11.3 Å². The van der Waals surface area contributed by atoms with Crippen molar-refractivity contribution in [1.82, 2.24) is 4.57 Å². The van der Waals surface area contributed by atoms with Crippen LogP contribution in [0.5, 0.6) is 0 Å². The number of aryl methyl sites for hydroxylation is 1. The van der Waals surface area contributed by atoms with E-state index in [1.165, 1.54) is 134 Å². The van der Waals surface area contributed by atoms with Crippen LogP contribution in [0.1, 0.15) is 103 Å². The van der Waals surface area contributed by atoms with Crippen molar-refractivity contribution >= 4 is 94.1 Å². The second kappa shape index (κ2) is 13.5. The number of nitrogens with zero attached hydrogens (tertiary/aromatic N) is 3. The third-order valence-corrected chi connectivity index (χ3v) is 17.9. The minimum absolute atomic E-state index is 0.0150. The Morgan fingerprint density at radius 1 is 0.576 bits per heavy atom. The zero-order valence-electron chi connectivity index (χ0n) is 39.9. The van der Waals surface area contributed by atoms with Crippen molar-refractivity contribution in [2.45, 2.75) is 110 Å². The van der Waals surface area contributed by atoms with Crippen LogP contribution in [0.4, 0.5) is 28.4 Å². The lowest BCUT2D eigenvalue weighted by Gasteiger charge is -2.50. The van der Waals surface area contributed by atoms with Gasteiger partial charge in [-0.05, 0) is 130 Å². The zero-order chi connectivity index (χ0) is 45.2. The van der Waals surface area contributed by atoms with E-state index in [1.807, 2.05) is 11.3 Å². The van der Waals surface area contributed by atoms with Gasteiger partial charge in [0.1, 0.15) is 0 Å². The highest BCUT2D eigenvalue weighted by molar-refractivity contribution is 7.26. The van der Waals surface area contributed by atoms with E-state index in [9.17, 15) is 0 Å². The molecule has 2 unspecified atom stereocenters. The average molecular weight is 876 g/mol. The molecule has 9 aromatic rings. The molecule has 0 saturated heterocycles. The first-order chi connectivity index (χ1) is 31.7. The van der Waals surface area contributed by atoms with Gasteiger partial charge in [0.2, 0.25) is 0 Å². The summed E-state index contributed by atoms with van der Waals surface area (Å²) >= 11 is 1.94. The summed E-state index contributed by atoms with van der Waals surface area (Å²) in [5.74, 6) is 0. The Kier molecular flexibility index (Phi) is 8.26. The topological polar surface area (TPSA) is 11.4 Å². The van der Waals surface area contributed by atoms with Crippen LogP contribution in [-0.2, 0) is 16.2 Å². The highest BCUT2D eigenvalue weighted by Crippen LogP contribution is 2.62. The number of benzene rings is 7. The molecule has 0 N–H and O–H groups in total. The molecule has 326 valence electrons. The lowest BCUT2D eigenvalue weighted by atomic mass is 9.33. The Balaban J connectivity index is 1.13. The minimum Gasteiger partial charge on any atom is -0.334 e. The standard InChI is InChI=1S/C61H58BN3S/c1-37-32-51-54-52(33-37)64-55-43(57-56(64)42-20-13-14-23-53(42)66-57)21-17-22-47(55)62(54)46-27-26-41(65-49-29-25-40(59(5,6)7)35-45(49)60(8)30-15-16-31-61(60,65)9)36-50(46)63(51)48-28-24-39(58(2,3)4)34-44(48)38-18-11-10-12-19-38/h10-14,17-29,32-36H,15-16,30-31H2,1-9H3. The summed E-state index contributed by atoms with van der Waals surface area (Å²) in [6, 6.07) is 54.6. The lowest BCUT2D eigenvalue weighted by Crippen LogP contribution is -2.60. The third-order valence-electron chi connectivity index (χ3n) is 16.7. The van der Waals surface area contributed by atoms with Gasteiger partial charge in [-0.15, -0.1) is 11.3 Å². The van der Waals surface area contributed by atoms with E-state index in [0.717, 1.165) is 6.42 Å². The van der Waals surface area contributed by atoms with Crippen LogP contribution in [0.2, 0.25) is 0 Å². The largest absolute Gasteiger partial charge is 0.334 e. The van der Waals surface area contributed by atoms with Gasteiger partial charge in [-0.1, -0.05) is 152 Å². The van der Waals surface area contributed by atoms with Gasteiger partial charge in [-0.25, -0.2) is 0 Å². The highest BCUT2D eigenvalue weighted by atomic mass is 32.1. The molecule has 0 radical (unpaired) electrons. The van der Waals surface area contributed by atoms with Gasteiger partial charge in [0.05, 0.1) is 27.0 Å². The fourth-order valence-corrected chi connectivity index (χ4v) is 14.3. The smallest absolute Gasteiger partial charge is 0.252 e. The van der Waals surface area contributed by atoms with Gasteiger partial charge in [-0.3, -0.25) is 0 Å². The third kappa shape index (κ3) is 5.32. The number of hydrogen-bond acceptors (Lipinski definition) is 3. The summed E-state index contributed by atoms with van der Waals surface area (Å²) in [6.07, 6.45) is 4.88. The molecule has 13 rings (SSSR count). The normalized spacial score (nSPS) is 19.7. The van der Waals surface area contributed by atoms with Crippen LogP contribution in [0.15, 0.2) is 140 Å². The number of fused-ring (bicyclic) bond motifs is 12. The van der Waals surface area contributed by atoms with Gasteiger partial charge in [0, 0.05) is 54.9 Å². The molecule has 3 nitrogen and oxygen atoms in total. The number of thiophene rings is 1. The van der Waals surface area contributed by atoms with E-state index >= 15 is 0 Å². The molecule has 66 heavy (non-hydrogen) atoms. The van der Waals surface area contributed by atoms with Crippen molar-refractivity contribution in [2.75, 3.05) is 9.80 Å². The quantitative estimate of drug-likeness (QED) is 0.164. The molecular weight excluding hydrogens is 818 g/mol. The molecule has 4 aliphatic rings. The maximum Gasteiger partial charge on any atom is 0.252 e. The Bertz CT molecular complexity index is 3530. The maximum absolute atomic E-state index is 2.79. The molecular formula is C61H58BN3S. The van der Waals surface area contributed by atoms with Crippen molar-refractivity contribution in [2.24, 2.45) is 0 Å². The van der Waals surface area contributed by atoms with Gasteiger partial charge in [0.15, 0.2) is 0 Å². The van der Waals surface area contributed by atoms with Crippen molar-refractivity contribution in [1.29, 1.82) is 0 Å². The van der Waals surface area contributed by atoms with Gasteiger partial charge >= 0.3 is 0 Å². The Labute approximate surface area is 394 Å². The van der Waals surface area contributed by atoms with Crippen LogP contribution in [0.3, 0.4) is 0 Å². The van der Waals surface area contributed by atoms with Crippen molar-refractivity contribution in [3.63, 3.8) is 0 Å². The molecule has 7 aromatic carbocycles. The molecule has 1 aliphatic carbocycles. The number of anilines is 5. The van der Waals surface area contributed by atoms with Gasteiger partial charge in [-0.2, -0.15) is 0 Å². The first-order valence-corrected chi connectivity index (χ1v) is 25.2. The molecule has 1 fully saturated rings. The highest BCUT2D eigenvalue weighted by Gasteiger charge is 2.58. The van der Waals surface area contributed by atoms with Crippen LogP contribution in [0.25, 0.3) is 48.0 Å². The van der Waals surface area contributed by atoms with E-state index in [2.05, 4.69) is 216 Å². The Morgan fingerprint density at radius 2 is 1.27 bits per heavy atom. The Hall–Kier alpha value is -6.04. The predicted octanol–water partition coefficient (Wildman–Crippen LogP) is 14.9. The molecule has 0 bridgehead atoms. The first kappa shape index (κ1) is 40.3. The number of rotatable bonds is 3. The van der Waals surface area contributed by atoms with E-state index in [4.69, 9.17) is 0 Å². The second-order valence-electron chi connectivity index (χ2n) is 22.6. The first-order valence-electron chi connectivity index (χ1n) is 24.3. The van der Waals surface area contributed by atoms with Crippen LogP contribution in [-0.4, -0.2) is 16.8 Å². The van der Waals surface area contributed by atoms with E-state index in [-0.39, 0.29) is 28.5 Å². The minimum atomic E-state index is -0.0746. The second-order valence-corrected chi connectivity index (χ2v) is 23.6. The SMILES string of the molecule is Cc1cc2c3c(c1)-n1c4c(cccc4c4sc5ccccc5c41)B3c1ccc(N3c4ccc(C(C)(C)C)cc4C4(C)CCCCC34C)cc1N2c1ccc(C(C)(C)C)cc1-c1ccccc1. The molecule has 5 heteroatoms. The molecule has 2 aromatic heterocycles. The monoisotopic (exact) mass is 875 g/mol. The summed E-state index contributed by atoms with van der Waals surface area (Å²) < 4.78 is 5.37. The number of para-hydroxylation sites is 1. The molecule has 0 spiro atoms. The van der Waals surface area contributed by atoms with Gasteiger partial charge < -0.3 is 14.4 Å². The van der Waals surface area contributed by atoms with E-state index in [0.29, 0.717) is 0 Å². The van der Waals surface area contributed by atoms with Crippen molar-refractivity contribution < 1.29 is 0 Å².